The number of benzene rings is 3. The Morgan fingerprint density at radius 1 is 0.903 bits per heavy atom. The number of carboxylic acid groups (broad SMARTS) is 1. The van der Waals surface area contributed by atoms with Crippen LogP contribution in [0.4, 0.5) is 13.2 Å². The number of carbonyl (C=O) groups is 1. The van der Waals surface area contributed by atoms with Crippen LogP contribution in [0.2, 0.25) is 5.02 Å². The second-order valence-electron chi connectivity index (χ2n) is 6.92. The number of nitrogens with two attached hydrogens (primary N) is 1. The Hall–Kier alpha value is -2.87. The van der Waals surface area contributed by atoms with Crippen molar-refractivity contribution >= 4 is 17.6 Å². The molecule has 0 unspecified atom stereocenters. The first-order valence-electron chi connectivity index (χ1n) is 9.12. The van der Waals surface area contributed by atoms with Crippen molar-refractivity contribution in [3.63, 3.8) is 0 Å². The van der Waals surface area contributed by atoms with E-state index in [0.29, 0.717) is 5.02 Å². The summed E-state index contributed by atoms with van der Waals surface area (Å²) >= 11 is 5.92. The van der Waals surface area contributed by atoms with Gasteiger partial charge in [0, 0.05) is 5.02 Å². The largest absolute Gasteiger partial charge is 0.490 e. The highest BCUT2D eigenvalue weighted by Gasteiger charge is 2.38. The predicted octanol–water partition coefficient (Wildman–Crippen LogP) is 5.55. The fourth-order valence-corrected chi connectivity index (χ4v) is 2.93. The van der Waals surface area contributed by atoms with Gasteiger partial charge in [0.25, 0.3) is 0 Å². The highest BCUT2D eigenvalue weighted by molar-refractivity contribution is 6.30. The molecule has 0 radical (unpaired) electrons. The number of aliphatic carboxylic acids is 1. The van der Waals surface area contributed by atoms with Gasteiger partial charge in [0.05, 0.1) is 6.04 Å². The van der Waals surface area contributed by atoms with E-state index in [-0.39, 0.29) is 0 Å². The molecule has 8 heteroatoms. The van der Waals surface area contributed by atoms with Crippen molar-refractivity contribution in [3.8, 4) is 11.1 Å². The summed E-state index contributed by atoms with van der Waals surface area (Å²) in [6.45, 7) is 1.74. The molecule has 4 N–H and O–H groups in total. The topological polar surface area (TPSA) is 83.5 Å². The Labute approximate surface area is 182 Å². The van der Waals surface area contributed by atoms with Crippen LogP contribution in [0.15, 0.2) is 78.9 Å². The van der Waals surface area contributed by atoms with Gasteiger partial charge in [0.2, 0.25) is 0 Å². The zero-order chi connectivity index (χ0) is 23.2. The number of hydrogen-bond acceptors (Lipinski definition) is 3. The molecule has 0 aliphatic heterocycles. The molecule has 31 heavy (non-hydrogen) atoms. The van der Waals surface area contributed by atoms with Crippen molar-refractivity contribution in [2.75, 3.05) is 0 Å². The van der Waals surface area contributed by atoms with E-state index in [1.54, 1.807) is 19.1 Å². The lowest BCUT2D eigenvalue weighted by Gasteiger charge is -2.31. The van der Waals surface area contributed by atoms with E-state index in [0.717, 1.165) is 22.3 Å². The van der Waals surface area contributed by atoms with Gasteiger partial charge >= 0.3 is 12.1 Å². The predicted molar refractivity (Wildman–Crippen MR) is 114 cm³/mol. The zero-order valence-corrected chi connectivity index (χ0v) is 17.2. The first kappa shape index (κ1) is 24.4. The maximum atomic E-state index is 11.0. The molecule has 0 aliphatic rings. The molecule has 0 aliphatic carbocycles. The molecular formula is C23H21ClF3NO3. The number of aliphatic hydroxyl groups is 1. The third-order valence-electron chi connectivity index (χ3n) is 4.65. The van der Waals surface area contributed by atoms with Gasteiger partial charge in [0.15, 0.2) is 0 Å². The van der Waals surface area contributed by atoms with Gasteiger partial charge < -0.3 is 15.9 Å². The highest BCUT2D eigenvalue weighted by atomic mass is 35.5. The maximum Gasteiger partial charge on any atom is 0.490 e. The summed E-state index contributed by atoms with van der Waals surface area (Å²) in [5, 5.41) is 18.8. The minimum absolute atomic E-state index is 0.544. The van der Waals surface area contributed by atoms with E-state index in [1.165, 1.54) is 0 Å². The molecule has 164 valence electrons. The van der Waals surface area contributed by atoms with Gasteiger partial charge in [-0.25, -0.2) is 4.79 Å². The molecule has 3 aromatic rings. The van der Waals surface area contributed by atoms with Crippen LogP contribution in [0.3, 0.4) is 0 Å². The summed E-state index contributed by atoms with van der Waals surface area (Å²) in [6, 6.07) is 24.7. The van der Waals surface area contributed by atoms with Gasteiger partial charge in [-0.3, -0.25) is 0 Å². The Morgan fingerprint density at radius 2 is 1.35 bits per heavy atom. The van der Waals surface area contributed by atoms with Crippen LogP contribution < -0.4 is 5.73 Å². The van der Waals surface area contributed by atoms with E-state index >= 15 is 0 Å². The molecule has 0 amide bonds. The molecule has 4 nitrogen and oxygen atoms in total. The van der Waals surface area contributed by atoms with Gasteiger partial charge in [0.1, 0.15) is 5.60 Å². The summed E-state index contributed by atoms with van der Waals surface area (Å²) in [5.41, 5.74) is 9.01. The summed E-state index contributed by atoms with van der Waals surface area (Å²) in [4.78, 5) is 8.90. The Balaban J connectivity index is 0.000000423. The van der Waals surface area contributed by atoms with Gasteiger partial charge in [-0.05, 0) is 41.3 Å². The second kappa shape index (κ2) is 9.96. The first-order chi connectivity index (χ1) is 14.4. The standard InChI is InChI=1S/C21H20ClNO.C2HF3O2/c1-21(24,20(23)17-9-13-19(22)14-10-17)18-11-7-16(8-12-18)15-5-3-2-4-6-15;3-2(4,5)1(6)7/h2-14,20,24H,23H2,1H3;(H,6,7)/t20-,21+;/m1./s1. The maximum absolute atomic E-state index is 11.0. The van der Waals surface area contributed by atoms with Crippen LogP contribution in [0.5, 0.6) is 0 Å². The molecule has 0 spiro atoms. The van der Waals surface area contributed by atoms with Crippen LogP contribution in [-0.4, -0.2) is 22.4 Å². The molecule has 0 saturated heterocycles. The molecule has 3 aromatic carbocycles. The summed E-state index contributed by atoms with van der Waals surface area (Å²) in [6.07, 6.45) is -5.08. The van der Waals surface area contributed by atoms with Crippen molar-refractivity contribution in [3.05, 3.63) is 95.0 Å². The van der Waals surface area contributed by atoms with Gasteiger partial charge in [-0.2, -0.15) is 13.2 Å². The second-order valence-corrected chi connectivity index (χ2v) is 7.36. The van der Waals surface area contributed by atoms with Crippen molar-refractivity contribution in [2.24, 2.45) is 5.73 Å². The Bertz CT molecular complexity index is 989. The number of rotatable bonds is 4. The highest BCUT2D eigenvalue weighted by Crippen LogP contribution is 2.34. The number of carboxylic acids is 1. The first-order valence-corrected chi connectivity index (χ1v) is 9.50. The Kier molecular flexibility index (Phi) is 7.84. The fourth-order valence-electron chi connectivity index (χ4n) is 2.80. The zero-order valence-electron chi connectivity index (χ0n) is 16.5. The molecule has 2 atom stereocenters. The van der Waals surface area contributed by atoms with E-state index in [4.69, 9.17) is 27.2 Å². The van der Waals surface area contributed by atoms with Crippen molar-refractivity contribution in [1.82, 2.24) is 0 Å². The molecule has 0 fully saturated rings. The van der Waals surface area contributed by atoms with Crippen molar-refractivity contribution in [2.45, 2.75) is 24.7 Å². The van der Waals surface area contributed by atoms with Crippen LogP contribution >= 0.6 is 11.6 Å². The lowest BCUT2D eigenvalue weighted by Crippen LogP contribution is -2.35. The SMILES string of the molecule is C[C@](O)(c1ccc(-c2ccccc2)cc1)[C@H](N)c1ccc(Cl)cc1.O=C(O)C(F)(F)F. The molecule has 0 saturated carbocycles. The minimum Gasteiger partial charge on any atom is -0.475 e. The van der Waals surface area contributed by atoms with E-state index in [2.05, 4.69) is 12.1 Å². The summed E-state index contributed by atoms with van der Waals surface area (Å²) < 4.78 is 31.7. The lowest BCUT2D eigenvalue weighted by atomic mass is 9.84. The van der Waals surface area contributed by atoms with Crippen LogP contribution in [-0.2, 0) is 10.4 Å². The lowest BCUT2D eigenvalue weighted by molar-refractivity contribution is -0.192. The van der Waals surface area contributed by atoms with Gasteiger partial charge in [-0.15, -0.1) is 0 Å². The summed E-state index contributed by atoms with van der Waals surface area (Å²) in [7, 11) is 0. The fraction of sp³-hybridized carbons (Fsp3) is 0.174. The molecular weight excluding hydrogens is 431 g/mol. The van der Waals surface area contributed by atoms with Crippen molar-refractivity contribution in [1.29, 1.82) is 0 Å². The van der Waals surface area contributed by atoms with E-state index in [1.807, 2.05) is 54.6 Å². The molecule has 0 heterocycles. The third-order valence-corrected chi connectivity index (χ3v) is 4.91. The van der Waals surface area contributed by atoms with E-state index < -0.39 is 23.8 Å². The van der Waals surface area contributed by atoms with E-state index in [9.17, 15) is 18.3 Å². The monoisotopic (exact) mass is 451 g/mol. The minimum atomic E-state index is -5.08. The number of alkyl halides is 3. The number of hydrogen-bond donors (Lipinski definition) is 3. The average molecular weight is 452 g/mol. The van der Waals surface area contributed by atoms with Crippen LogP contribution in [0, 0.1) is 0 Å². The normalized spacial score (nSPS) is 14.0. The molecule has 0 aromatic heterocycles. The molecule has 0 bridgehead atoms. The average Bonchev–Trinajstić information content (AvgIpc) is 2.74. The Morgan fingerprint density at radius 3 is 1.81 bits per heavy atom. The van der Waals surface area contributed by atoms with Crippen LogP contribution in [0.25, 0.3) is 11.1 Å². The molecule has 3 rings (SSSR count). The quantitative estimate of drug-likeness (QED) is 0.485. The smallest absolute Gasteiger partial charge is 0.475 e. The number of halogens is 4. The van der Waals surface area contributed by atoms with Crippen molar-refractivity contribution < 1.29 is 28.2 Å². The van der Waals surface area contributed by atoms with Crippen LogP contribution in [0.1, 0.15) is 24.1 Å². The summed E-state index contributed by atoms with van der Waals surface area (Å²) in [5.74, 6) is -2.76. The van der Waals surface area contributed by atoms with Gasteiger partial charge in [-0.1, -0.05) is 78.3 Å². The third kappa shape index (κ3) is 6.55.